The lowest BCUT2D eigenvalue weighted by molar-refractivity contribution is -0.123. The molecule has 1 aliphatic rings. The highest BCUT2D eigenvalue weighted by Gasteiger charge is 2.24. The van der Waals surface area contributed by atoms with Gasteiger partial charge in [-0.15, -0.1) is 0 Å². The standard InChI is InChI=1S/C23H31N3O5S/c1-30-20-8-4-17(5-9-20)23(18-6-10-21(31-2)11-7-18)24-22(27)16-26-14-12-19(13-15-26)25-32(3,28)29/h4-11,19,23,25H,12-16H2,1-3H3,(H,24,27). The minimum absolute atomic E-state index is 0.0735. The molecule has 0 aliphatic carbocycles. The highest BCUT2D eigenvalue weighted by molar-refractivity contribution is 7.88. The Bertz CT molecular complexity index is 938. The van der Waals surface area contributed by atoms with Crippen molar-refractivity contribution in [3.63, 3.8) is 0 Å². The van der Waals surface area contributed by atoms with E-state index < -0.39 is 10.0 Å². The maximum atomic E-state index is 12.9. The molecular weight excluding hydrogens is 430 g/mol. The Morgan fingerprint density at radius 3 is 1.84 bits per heavy atom. The molecule has 2 aromatic rings. The van der Waals surface area contributed by atoms with Gasteiger partial charge >= 0.3 is 0 Å². The number of carbonyl (C=O) groups excluding carboxylic acids is 1. The molecule has 1 aliphatic heterocycles. The molecule has 1 heterocycles. The zero-order chi connectivity index (χ0) is 23.1. The summed E-state index contributed by atoms with van der Waals surface area (Å²) in [7, 11) is 0.0176. The van der Waals surface area contributed by atoms with Crippen LogP contribution >= 0.6 is 0 Å². The van der Waals surface area contributed by atoms with E-state index in [0.29, 0.717) is 25.9 Å². The summed E-state index contributed by atoms with van der Waals surface area (Å²) in [6, 6.07) is 14.9. The summed E-state index contributed by atoms with van der Waals surface area (Å²) in [5.41, 5.74) is 1.89. The van der Waals surface area contributed by atoms with Crippen molar-refractivity contribution in [1.29, 1.82) is 0 Å². The number of sulfonamides is 1. The molecule has 8 nitrogen and oxygen atoms in total. The summed E-state index contributed by atoms with van der Waals surface area (Å²) >= 11 is 0. The molecule has 0 bridgehead atoms. The molecule has 1 saturated heterocycles. The molecule has 9 heteroatoms. The van der Waals surface area contributed by atoms with Crippen LogP contribution in [0.25, 0.3) is 0 Å². The van der Waals surface area contributed by atoms with Crippen molar-refractivity contribution in [1.82, 2.24) is 14.9 Å². The molecule has 1 fully saturated rings. The van der Waals surface area contributed by atoms with Gasteiger partial charge in [-0.05, 0) is 48.2 Å². The molecule has 32 heavy (non-hydrogen) atoms. The topological polar surface area (TPSA) is 97.0 Å². The van der Waals surface area contributed by atoms with E-state index in [1.165, 1.54) is 6.26 Å². The average Bonchev–Trinajstić information content (AvgIpc) is 2.78. The number of piperidine rings is 1. The van der Waals surface area contributed by atoms with Crippen molar-refractivity contribution in [2.45, 2.75) is 24.9 Å². The van der Waals surface area contributed by atoms with Crippen LogP contribution in [0, 0.1) is 0 Å². The third-order valence-electron chi connectivity index (χ3n) is 5.54. The second-order valence-electron chi connectivity index (χ2n) is 7.99. The lowest BCUT2D eigenvalue weighted by atomic mass is 9.98. The van der Waals surface area contributed by atoms with E-state index in [1.807, 2.05) is 48.5 Å². The van der Waals surface area contributed by atoms with Crippen LogP contribution in [0.1, 0.15) is 30.0 Å². The third kappa shape index (κ3) is 6.94. The fourth-order valence-corrected chi connectivity index (χ4v) is 4.71. The van der Waals surface area contributed by atoms with Crippen LogP contribution in [0.4, 0.5) is 0 Å². The van der Waals surface area contributed by atoms with Crippen LogP contribution in [0.5, 0.6) is 11.5 Å². The zero-order valence-electron chi connectivity index (χ0n) is 18.7. The normalized spacial score (nSPS) is 15.5. The number of carbonyl (C=O) groups is 1. The molecular formula is C23H31N3O5S. The van der Waals surface area contributed by atoms with Crippen LogP contribution in [0.3, 0.4) is 0 Å². The van der Waals surface area contributed by atoms with Crippen molar-refractivity contribution < 1.29 is 22.7 Å². The number of rotatable bonds is 9. The molecule has 3 rings (SSSR count). The number of nitrogens with zero attached hydrogens (tertiary/aromatic N) is 1. The van der Waals surface area contributed by atoms with Gasteiger partial charge in [0.1, 0.15) is 11.5 Å². The zero-order valence-corrected chi connectivity index (χ0v) is 19.5. The first-order valence-corrected chi connectivity index (χ1v) is 12.4. The summed E-state index contributed by atoms with van der Waals surface area (Å²) in [4.78, 5) is 15.0. The van der Waals surface area contributed by atoms with Gasteiger partial charge in [0.15, 0.2) is 0 Å². The van der Waals surface area contributed by atoms with Crippen LogP contribution in [0.2, 0.25) is 0 Å². The van der Waals surface area contributed by atoms with E-state index in [9.17, 15) is 13.2 Å². The largest absolute Gasteiger partial charge is 0.497 e. The second kappa shape index (κ2) is 10.8. The van der Waals surface area contributed by atoms with Gasteiger partial charge in [0.2, 0.25) is 15.9 Å². The first-order chi connectivity index (χ1) is 15.3. The first-order valence-electron chi connectivity index (χ1n) is 10.5. The van der Waals surface area contributed by atoms with Crippen molar-refractivity contribution in [3.8, 4) is 11.5 Å². The summed E-state index contributed by atoms with van der Waals surface area (Å²) in [5.74, 6) is 1.41. The summed E-state index contributed by atoms with van der Waals surface area (Å²) in [6.07, 6.45) is 2.53. The predicted molar refractivity (Wildman–Crippen MR) is 123 cm³/mol. The van der Waals surface area contributed by atoms with Gasteiger partial charge in [-0.3, -0.25) is 9.69 Å². The number of hydrogen-bond acceptors (Lipinski definition) is 6. The fraction of sp³-hybridized carbons (Fsp3) is 0.435. The van der Waals surface area contributed by atoms with Gasteiger partial charge in [0.25, 0.3) is 0 Å². The molecule has 0 saturated carbocycles. The molecule has 0 unspecified atom stereocenters. The van der Waals surface area contributed by atoms with Crippen molar-refractivity contribution in [2.75, 3.05) is 40.1 Å². The van der Waals surface area contributed by atoms with E-state index >= 15 is 0 Å². The van der Waals surface area contributed by atoms with Crippen molar-refractivity contribution >= 4 is 15.9 Å². The van der Waals surface area contributed by atoms with E-state index in [1.54, 1.807) is 14.2 Å². The number of methoxy groups -OCH3 is 2. The third-order valence-corrected chi connectivity index (χ3v) is 6.30. The number of nitrogens with one attached hydrogen (secondary N) is 2. The molecule has 0 radical (unpaired) electrons. The SMILES string of the molecule is COc1ccc(C(NC(=O)CN2CCC(NS(C)(=O)=O)CC2)c2ccc(OC)cc2)cc1. The minimum Gasteiger partial charge on any atom is -0.497 e. The highest BCUT2D eigenvalue weighted by atomic mass is 32.2. The lowest BCUT2D eigenvalue weighted by Gasteiger charge is -2.32. The van der Waals surface area contributed by atoms with E-state index in [-0.39, 0.29) is 24.5 Å². The van der Waals surface area contributed by atoms with Gasteiger partial charge in [-0.2, -0.15) is 0 Å². The van der Waals surface area contributed by atoms with Crippen molar-refractivity contribution in [3.05, 3.63) is 59.7 Å². The Morgan fingerprint density at radius 2 is 1.44 bits per heavy atom. The Labute approximate surface area is 190 Å². The Balaban J connectivity index is 1.66. The fourth-order valence-electron chi connectivity index (χ4n) is 3.87. The number of amides is 1. The smallest absolute Gasteiger partial charge is 0.234 e. The quantitative estimate of drug-likeness (QED) is 0.592. The van der Waals surface area contributed by atoms with Crippen LogP contribution in [-0.2, 0) is 14.8 Å². The predicted octanol–water partition coefficient (Wildman–Crippen LogP) is 1.92. The van der Waals surface area contributed by atoms with Gasteiger partial charge in [0.05, 0.1) is 33.1 Å². The average molecular weight is 462 g/mol. The monoisotopic (exact) mass is 461 g/mol. The summed E-state index contributed by atoms with van der Waals surface area (Å²) in [6.45, 7) is 1.58. The van der Waals surface area contributed by atoms with Gasteiger partial charge in [-0.1, -0.05) is 24.3 Å². The van der Waals surface area contributed by atoms with E-state index in [2.05, 4.69) is 14.9 Å². The summed E-state index contributed by atoms with van der Waals surface area (Å²) in [5, 5.41) is 3.15. The number of hydrogen-bond donors (Lipinski definition) is 2. The van der Waals surface area contributed by atoms with Crippen LogP contribution in [-0.4, -0.2) is 65.4 Å². The maximum Gasteiger partial charge on any atom is 0.234 e. The van der Waals surface area contributed by atoms with E-state index in [4.69, 9.17) is 9.47 Å². The molecule has 1 amide bonds. The number of ether oxygens (including phenoxy) is 2. The van der Waals surface area contributed by atoms with Gasteiger partial charge in [0, 0.05) is 19.1 Å². The molecule has 2 aromatic carbocycles. The Hall–Kier alpha value is -2.62. The number of likely N-dealkylation sites (tertiary alicyclic amines) is 1. The maximum absolute atomic E-state index is 12.9. The molecule has 0 aromatic heterocycles. The van der Waals surface area contributed by atoms with Crippen molar-refractivity contribution in [2.24, 2.45) is 0 Å². The Kier molecular flexibility index (Phi) is 8.11. The Morgan fingerprint density at radius 1 is 0.969 bits per heavy atom. The van der Waals surface area contributed by atoms with Crippen LogP contribution in [0.15, 0.2) is 48.5 Å². The molecule has 0 spiro atoms. The van der Waals surface area contributed by atoms with E-state index in [0.717, 1.165) is 22.6 Å². The lowest BCUT2D eigenvalue weighted by Crippen LogP contribution is -2.47. The summed E-state index contributed by atoms with van der Waals surface area (Å²) < 4.78 is 36.0. The van der Waals surface area contributed by atoms with Crippen LogP contribution < -0.4 is 19.5 Å². The minimum atomic E-state index is -3.22. The first kappa shape index (κ1) is 24.0. The van der Waals surface area contributed by atoms with Gasteiger partial charge in [-0.25, -0.2) is 13.1 Å². The molecule has 174 valence electrons. The highest BCUT2D eigenvalue weighted by Crippen LogP contribution is 2.26. The van der Waals surface area contributed by atoms with Gasteiger partial charge < -0.3 is 14.8 Å². The second-order valence-corrected chi connectivity index (χ2v) is 9.77. The number of benzene rings is 2. The molecule has 2 N–H and O–H groups in total. The molecule has 0 atom stereocenters.